The maximum absolute atomic E-state index is 5.54. The molecule has 4 nitrogen and oxygen atoms in total. The lowest BCUT2D eigenvalue weighted by atomic mass is 9.67. The predicted molar refractivity (Wildman–Crippen MR) is 257 cm³/mol. The zero-order valence-corrected chi connectivity index (χ0v) is 34.2. The van der Waals surface area contributed by atoms with Crippen LogP contribution < -0.4 is 0 Å². The summed E-state index contributed by atoms with van der Waals surface area (Å²) in [6.07, 6.45) is 0. The highest BCUT2D eigenvalue weighted by Gasteiger charge is 2.46. The molecule has 0 bridgehead atoms. The minimum atomic E-state index is -0.550. The van der Waals surface area contributed by atoms with Crippen LogP contribution in [0, 0.1) is 0 Å². The molecule has 0 spiro atoms. The van der Waals surface area contributed by atoms with Crippen molar-refractivity contribution >= 4 is 21.7 Å². The van der Waals surface area contributed by atoms with Crippen LogP contribution in [-0.4, -0.2) is 19.9 Å². The smallest absolute Gasteiger partial charge is 0.164 e. The van der Waals surface area contributed by atoms with E-state index in [9.17, 15) is 0 Å². The Kier molecular flexibility index (Phi) is 8.68. The lowest BCUT2D eigenvalue weighted by Gasteiger charge is -2.34. The molecule has 0 N–H and O–H groups in total. The summed E-state index contributed by atoms with van der Waals surface area (Å²) < 4.78 is 0. The molecule has 0 radical (unpaired) electrons. The number of benzene rings is 9. The van der Waals surface area contributed by atoms with E-state index in [4.69, 9.17) is 19.9 Å². The number of nitrogens with zero attached hydrogens (tertiary/aromatic N) is 4. The van der Waals surface area contributed by atoms with Gasteiger partial charge in [0.05, 0.1) is 16.6 Å². The topological polar surface area (TPSA) is 51.6 Å². The van der Waals surface area contributed by atoms with Crippen molar-refractivity contribution in [2.45, 2.75) is 5.41 Å². The van der Waals surface area contributed by atoms with E-state index >= 15 is 0 Å². The molecule has 2 heterocycles. The second-order valence-electron chi connectivity index (χ2n) is 16.1. The fourth-order valence-corrected chi connectivity index (χ4v) is 9.74. The van der Waals surface area contributed by atoms with Crippen molar-refractivity contribution in [3.63, 3.8) is 0 Å². The Morgan fingerprint density at radius 2 is 0.778 bits per heavy atom. The van der Waals surface area contributed by atoms with Crippen LogP contribution in [0.1, 0.15) is 22.3 Å². The van der Waals surface area contributed by atoms with Crippen LogP contribution in [-0.2, 0) is 5.41 Å². The van der Waals surface area contributed by atoms with Crippen LogP contribution in [0.2, 0.25) is 0 Å². The second kappa shape index (κ2) is 15.0. The second-order valence-corrected chi connectivity index (χ2v) is 16.1. The molecular formula is C59H38N4. The third-order valence-corrected chi connectivity index (χ3v) is 12.6. The summed E-state index contributed by atoms with van der Waals surface area (Å²) in [4.78, 5) is 20.9. The van der Waals surface area contributed by atoms with Crippen molar-refractivity contribution in [1.82, 2.24) is 19.9 Å². The molecule has 2 aromatic heterocycles. The number of aromatic nitrogens is 4. The summed E-state index contributed by atoms with van der Waals surface area (Å²) in [6, 6.07) is 81.8. The zero-order valence-electron chi connectivity index (χ0n) is 34.2. The molecule has 0 saturated heterocycles. The molecule has 0 amide bonds. The molecule has 1 aliphatic rings. The molecule has 1 aliphatic carbocycles. The molecule has 294 valence electrons. The SMILES string of the molecule is c1ccc(-c2cc(-c3cc(-c4nc(-c5ccccc5)nc(-c5ccccc5)n4)cc4ccccc34)c3cc4c(cc3n2)C(c2ccccc2)(c2ccccc2)c2ccccc2-4)cc1. The van der Waals surface area contributed by atoms with E-state index in [1.165, 1.54) is 33.4 Å². The molecule has 9 aromatic carbocycles. The fourth-order valence-electron chi connectivity index (χ4n) is 9.74. The van der Waals surface area contributed by atoms with Gasteiger partial charge in [0.25, 0.3) is 0 Å². The quantitative estimate of drug-likeness (QED) is 0.161. The van der Waals surface area contributed by atoms with Crippen molar-refractivity contribution in [2.75, 3.05) is 0 Å². The fraction of sp³-hybridized carbons (Fsp3) is 0.0169. The Bertz CT molecular complexity index is 3380. The van der Waals surface area contributed by atoms with Gasteiger partial charge in [-0.05, 0) is 85.6 Å². The van der Waals surface area contributed by atoms with Gasteiger partial charge in [-0.2, -0.15) is 0 Å². The summed E-state index contributed by atoms with van der Waals surface area (Å²) in [5, 5.41) is 3.31. The lowest BCUT2D eigenvalue weighted by molar-refractivity contribution is 0.769. The van der Waals surface area contributed by atoms with Gasteiger partial charge < -0.3 is 0 Å². The van der Waals surface area contributed by atoms with E-state index in [1.54, 1.807) is 0 Å². The Labute approximate surface area is 365 Å². The highest BCUT2D eigenvalue weighted by molar-refractivity contribution is 6.09. The largest absolute Gasteiger partial charge is 0.248 e. The maximum Gasteiger partial charge on any atom is 0.164 e. The minimum Gasteiger partial charge on any atom is -0.248 e. The summed E-state index contributed by atoms with van der Waals surface area (Å²) in [5.74, 6) is 1.87. The van der Waals surface area contributed by atoms with Crippen molar-refractivity contribution < 1.29 is 0 Å². The monoisotopic (exact) mass is 802 g/mol. The Morgan fingerprint density at radius 3 is 1.40 bits per heavy atom. The van der Waals surface area contributed by atoms with Gasteiger partial charge in [0.15, 0.2) is 17.5 Å². The lowest BCUT2D eigenvalue weighted by Crippen LogP contribution is -2.28. The summed E-state index contributed by atoms with van der Waals surface area (Å²) in [6.45, 7) is 0. The normalized spacial score (nSPS) is 12.6. The Hall–Kier alpha value is -8.34. The van der Waals surface area contributed by atoms with Gasteiger partial charge in [0.1, 0.15) is 0 Å². The van der Waals surface area contributed by atoms with Crippen LogP contribution in [0.25, 0.3) is 89.4 Å². The zero-order chi connectivity index (χ0) is 41.7. The van der Waals surface area contributed by atoms with Gasteiger partial charge in [-0.15, -0.1) is 0 Å². The van der Waals surface area contributed by atoms with E-state index < -0.39 is 5.41 Å². The van der Waals surface area contributed by atoms with Gasteiger partial charge in [-0.1, -0.05) is 200 Å². The Morgan fingerprint density at radius 1 is 0.286 bits per heavy atom. The first-order chi connectivity index (χ1) is 31.2. The number of pyridine rings is 1. The molecular weight excluding hydrogens is 765 g/mol. The molecule has 4 heteroatoms. The molecule has 63 heavy (non-hydrogen) atoms. The molecule has 0 aliphatic heterocycles. The third kappa shape index (κ3) is 6.07. The number of rotatable bonds is 7. The first kappa shape index (κ1) is 36.5. The van der Waals surface area contributed by atoms with Crippen LogP contribution in [0.3, 0.4) is 0 Å². The number of hydrogen-bond acceptors (Lipinski definition) is 4. The molecule has 12 rings (SSSR count). The summed E-state index contributed by atoms with van der Waals surface area (Å²) >= 11 is 0. The standard InChI is InChI=1S/C59H38N4/c1-6-20-39(21-7-1)54-37-49(51-36-50-47-32-18-19-33-52(47)59(44-27-12-4-13-28-44,45-29-14-5-15-30-45)53(50)38-55(51)60-54)48-35-43(34-42-26-16-17-31-46(42)48)58-62-56(40-22-8-2-9-23-40)61-57(63-58)41-24-10-3-11-25-41/h1-38H. The summed E-state index contributed by atoms with van der Waals surface area (Å²) in [5.41, 5.74) is 14.7. The maximum atomic E-state index is 5.54. The van der Waals surface area contributed by atoms with Gasteiger partial charge >= 0.3 is 0 Å². The molecule has 11 aromatic rings. The number of fused-ring (bicyclic) bond motifs is 5. The minimum absolute atomic E-state index is 0.550. The van der Waals surface area contributed by atoms with Gasteiger partial charge in [-0.3, -0.25) is 0 Å². The molecule has 0 fully saturated rings. The highest BCUT2D eigenvalue weighted by atomic mass is 15.0. The van der Waals surface area contributed by atoms with Crippen LogP contribution in [0.5, 0.6) is 0 Å². The molecule has 0 saturated carbocycles. The average Bonchev–Trinajstić information content (AvgIpc) is 3.66. The van der Waals surface area contributed by atoms with E-state index in [-0.39, 0.29) is 0 Å². The summed E-state index contributed by atoms with van der Waals surface area (Å²) in [7, 11) is 0. The van der Waals surface area contributed by atoms with E-state index in [1.807, 2.05) is 36.4 Å². The first-order valence-corrected chi connectivity index (χ1v) is 21.4. The van der Waals surface area contributed by atoms with E-state index in [0.717, 1.165) is 60.8 Å². The number of hydrogen-bond donors (Lipinski definition) is 0. The van der Waals surface area contributed by atoms with Crippen molar-refractivity contribution in [1.29, 1.82) is 0 Å². The Balaban J connectivity index is 1.16. The van der Waals surface area contributed by atoms with Crippen LogP contribution >= 0.6 is 0 Å². The van der Waals surface area contributed by atoms with Gasteiger partial charge in [0.2, 0.25) is 0 Å². The molecule has 0 atom stereocenters. The van der Waals surface area contributed by atoms with Crippen molar-refractivity contribution in [2.24, 2.45) is 0 Å². The predicted octanol–water partition coefficient (Wildman–Crippen LogP) is 14.3. The first-order valence-electron chi connectivity index (χ1n) is 21.4. The third-order valence-electron chi connectivity index (χ3n) is 12.6. The van der Waals surface area contributed by atoms with Crippen molar-refractivity contribution in [3.05, 3.63) is 253 Å². The van der Waals surface area contributed by atoms with E-state index in [2.05, 4.69) is 194 Å². The van der Waals surface area contributed by atoms with Crippen LogP contribution in [0.15, 0.2) is 231 Å². The van der Waals surface area contributed by atoms with Crippen LogP contribution in [0.4, 0.5) is 0 Å². The van der Waals surface area contributed by atoms with E-state index in [0.29, 0.717) is 17.5 Å². The van der Waals surface area contributed by atoms with Crippen molar-refractivity contribution in [3.8, 4) is 67.7 Å². The van der Waals surface area contributed by atoms with Gasteiger partial charge in [-0.25, -0.2) is 19.9 Å². The molecule has 0 unspecified atom stereocenters. The average molecular weight is 803 g/mol. The highest BCUT2D eigenvalue weighted by Crippen LogP contribution is 2.57. The van der Waals surface area contributed by atoms with Gasteiger partial charge in [0, 0.05) is 27.6 Å².